The number of hydrogen-bond donors (Lipinski definition) is 1. The normalized spacial score (nSPS) is 10.7. The molecule has 0 aromatic heterocycles. The molecule has 0 saturated heterocycles. The van der Waals surface area contributed by atoms with E-state index in [1.54, 1.807) is 5.01 Å². The number of rotatable bonds is 5. The van der Waals surface area contributed by atoms with E-state index in [4.69, 9.17) is 22.2 Å². The van der Waals surface area contributed by atoms with Crippen molar-refractivity contribution in [2.24, 2.45) is 5.84 Å². The van der Waals surface area contributed by atoms with E-state index in [1.807, 2.05) is 49.5 Å². The molecule has 3 rings (SSSR count). The van der Waals surface area contributed by atoms with Gasteiger partial charge < -0.3 is 9.75 Å². The second-order valence-electron chi connectivity index (χ2n) is 6.51. The molecule has 0 amide bonds. The summed E-state index contributed by atoms with van der Waals surface area (Å²) >= 11 is 6.00. The van der Waals surface area contributed by atoms with Gasteiger partial charge in [0.1, 0.15) is 12.4 Å². The van der Waals surface area contributed by atoms with E-state index in [1.165, 1.54) is 0 Å². The topological polar surface area (TPSA) is 38.5 Å². The van der Waals surface area contributed by atoms with Crippen molar-refractivity contribution in [1.82, 2.24) is 0 Å². The summed E-state index contributed by atoms with van der Waals surface area (Å²) in [5.74, 6) is 6.79. The van der Waals surface area contributed by atoms with Crippen molar-refractivity contribution >= 4 is 17.3 Å². The number of nitrogens with two attached hydrogens (primary N) is 1. The van der Waals surface area contributed by atoms with Crippen LogP contribution in [0.2, 0.25) is 5.02 Å². The molecule has 26 heavy (non-hydrogen) atoms. The molecular formula is C22H23ClN2O. The molecule has 0 radical (unpaired) electrons. The minimum atomic E-state index is 0.465. The number of anilines is 1. The molecule has 0 spiro atoms. The quantitative estimate of drug-likeness (QED) is 0.477. The fourth-order valence-electron chi connectivity index (χ4n) is 3.00. The Balaban J connectivity index is 1.87. The van der Waals surface area contributed by atoms with Crippen LogP contribution in [0.1, 0.15) is 16.7 Å². The van der Waals surface area contributed by atoms with E-state index in [9.17, 15) is 0 Å². The number of ether oxygens (including phenoxy) is 1. The van der Waals surface area contributed by atoms with E-state index in [0.29, 0.717) is 6.61 Å². The van der Waals surface area contributed by atoms with Crippen LogP contribution in [0.15, 0.2) is 60.7 Å². The average molecular weight is 367 g/mol. The van der Waals surface area contributed by atoms with Gasteiger partial charge in [-0.05, 0) is 66.4 Å². The standard InChI is InChI=1S/C22H23ClN2O/c1-15-11-18(17-7-9-19(23)10-8-17)13-20(12-15)26-14-21-16(2)5-4-6-22(21)25(3)24/h4-13H,14,24H2,1-3H3. The maximum absolute atomic E-state index is 6.12. The van der Waals surface area contributed by atoms with Crippen molar-refractivity contribution in [3.05, 3.63) is 82.4 Å². The molecule has 0 bridgehead atoms. The minimum absolute atomic E-state index is 0.465. The summed E-state index contributed by atoms with van der Waals surface area (Å²) in [5, 5.41) is 2.36. The maximum Gasteiger partial charge on any atom is 0.120 e. The Morgan fingerprint density at radius 2 is 1.69 bits per heavy atom. The van der Waals surface area contributed by atoms with Crippen molar-refractivity contribution in [3.8, 4) is 16.9 Å². The lowest BCUT2D eigenvalue weighted by molar-refractivity contribution is 0.305. The highest BCUT2D eigenvalue weighted by atomic mass is 35.5. The Bertz CT molecular complexity index is 905. The van der Waals surface area contributed by atoms with Crippen molar-refractivity contribution in [3.63, 3.8) is 0 Å². The molecule has 3 nitrogen and oxygen atoms in total. The van der Waals surface area contributed by atoms with Gasteiger partial charge in [-0.25, -0.2) is 5.84 Å². The van der Waals surface area contributed by atoms with Gasteiger partial charge in [0, 0.05) is 17.6 Å². The van der Waals surface area contributed by atoms with Crippen LogP contribution in [0.4, 0.5) is 5.69 Å². The number of hydrazine groups is 1. The molecule has 0 aliphatic carbocycles. The number of benzene rings is 3. The SMILES string of the molecule is Cc1cc(OCc2c(C)cccc2N(C)N)cc(-c2ccc(Cl)cc2)c1. The number of nitrogens with zero attached hydrogens (tertiary/aromatic N) is 1. The fraction of sp³-hybridized carbons (Fsp3) is 0.182. The van der Waals surface area contributed by atoms with Gasteiger partial charge in [-0.15, -0.1) is 0 Å². The van der Waals surface area contributed by atoms with E-state index in [2.05, 4.69) is 32.0 Å². The average Bonchev–Trinajstić information content (AvgIpc) is 2.60. The Hall–Kier alpha value is -2.49. The number of hydrogen-bond acceptors (Lipinski definition) is 3. The highest BCUT2D eigenvalue weighted by molar-refractivity contribution is 6.30. The van der Waals surface area contributed by atoms with Crippen LogP contribution in [-0.4, -0.2) is 7.05 Å². The molecule has 0 unspecified atom stereocenters. The first-order valence-corrected chi connectivity index (χ1v) is 8.89. The molecule has 0 aliphatic rings. The van der Waals surface area contributed by atoms with Gasteiger partial charge >= 0.3 is 0 Å². The zero-order valence-corrected chi connectivity index (χ0v) is 16.0. The van der Waals surface area contributed by atoms with Gasteiger partial charge in [-0.3, -0.25) is 0 Å². The van der Waals surface area contributed by atoms with Crippen molar-refractivity contribution < 1.29 is 4.74 Å². The first-order chi connectivity index (χ1) is 12.4. The van der Waals surface area contributed by atoms with Crippen molar-refractivity contribution in [2.45, 2.75) is 20.5 Å². The summed E-state index contributed by atoms with van der Waals surface area (Å²) in [6.07, 6.45) is 0. The maximum atomic E-state index is 6.12. The smallest absolute Gasteiger partial charge is 0.120 e. The molecular weight excluding hydrogens is 344 g/mol. The highest BCUT2D eigenvalue weighted by Crippen LogP contribution is 2.29. The zero-order chi connectivity index (χ0) is 18.7. The monoisotopic (exact) mass is 366 g/mol. The van der Waals surface area contributed by atoms with Gasteiger partial charge in [0.15, 0.2) is 0 Å². The van der Waals surface area contributed by atoms with Gasteiger partial charge in [0.05, 0.1) is 5.69 Å². The molecule has 0 heterocycles. The van der Waals surface area contributed by atoms with Crippen LogP contribution >= 0.6 is 11.6 Å². The summed E-state index contributed by atoms with van der Waals surface area (Å²) in [7, 11) is 1.84. The van der Waals surface area contributed by atoms with Gasteiger partial charge in [0.25, 0.3) is 0 Å². The molecule has 134 valence electrons. The molecule has 2 N–H and O–H groups in total. The molecule has 0 aliphatic heterocycles. The molecule has 0 saturated carbocycles. The summed E-state index contributed by atoms with van der Waals surface area (Å²) in [5.41, 5.74) is 6.58. The second kappa shape index (κ2) is 7.81. The third kappa shape index (κ3) is 4.18. The number of aryl methyl sites for hydroxylation is 2. The van der Waals surface area contributed by atoms with Crippen molar-refractivity contribution in [2.75, 3.05) is 12.1 Å². The van der Waals surface area contributed by atoms with Crippen molar-refractivity contribution in [1.29, 1.82) is 0 Å². The lowest BCUT2D eigenvalue weighted by Crippen LogP contribution is -2.26. The first-order valence-electron chi connectivity index (χ1n) is 8.51. The van der Waals surface area contributed by atoms with E-state index < -0.39 is 0 Å². The third-order valence-electron chi connectivity index (χ3n) is 4.38. The third-order valence-corrected chi connectivity index (χ3v) is 4.63. The number of halogens is 1. The second-order valence-corrected chi connectivity index (χ2v) is 6.95. The summed E-state index contributed by atoms with van der Waals surface area (Å²) in [4.78, 5) is 0. The largest absolute Gasteiger partial charge is 0.489 e. The lowest BCUT2D eigenvalue weighted by Gasteiger charge is -2.19. The van der Waals surface area contributed by atoms with Crippen LogP contribution in [0.3, 0.4) is 0 Å². The van der Waals surface area contributed by atoms with E-state index in [-0.39, 0.29) is 0 Å². The Morgan fingerprint density at radius 3 is 2.38 bits per heavy atom. The predicted molar refractivity (Wildman–Crippen MR) is 110 cm³/mol. The van der Waals surface area contributed by atoms with Gasteiger partial charge in [-0.2, -0.15) is 0 Å². The summed E-state index contributed by atoms with van der Waals surface area (Å²) in [6.45, 7) is 4.60. The Kier molecular flexibility index (Phi) is 5.50. The molecule has 3 aromatic carbocycles. The lowest BCUT2D eigenvalue weighted by atomic mass is 10.0. The Morgan fingerprint density at radius 1 is 0.962 bits per heavy atom. The molecule has 4 heteroatoms. The fourth-order valence-corrected chi connectivity index (χ4v) is 3.13. The van der Waals surface area contributed by atoms with Crippen LogP contribution in [0, 0.1) is 13.8 Å². The minimum Gasteiger partial charge on any atom is -0.489 e. The van der Waals surface area contributed by atoms with Gasteiger partial charge in [0.2, 0.25) is 0 Å². The summed E-state index contributed by atoms with van der Waals surface area (Å²) < 4.78 is 6.12. The zero-order valence-electron chi connectivity index (χ0n) is 15.3. The predicted octanol–water partition coefficient (Wildman–Crippen LogP) is 5.51. The van der Waals surface area contributed by atoms with Gasteiger partial charge in [-0.1, -0.05) is 41.9 Å². The van der Waals surface area contributed by atoms with Crippen LogP contribution in [-0.2, 0) is 6.61 Å². The van der Waals surface area contributed by atoms with E-state index in [0.717, 1.165) is 44.3 Å². The molecule has 0 atom stereocenters. The molecule has 0 fully saturated rings. The first kappa shape index (κ1) is 18.3. The molecule has 3 aromatic rings. The van der Waals surface area contributed by atoms with E-state index >= 15 is 0 Å². The van der Waals surface area contributed by atoms with Crippen LogP contribution in [0.25, 0.3) is 11.1 Å². The van der Waals surface area contributed by atoms with Crippen LogP contribution in [0.5, 0.6) is 5.75 Å². The highest BCUT2D eigenvalue weighted by Gasteiger charge is 2.10. The Labute approximate surface area is 159 Å². The van der Waals surface area contributed by atoms with Crippen LogP contribution < -0.4 is 15.6 Å². The summed E-state index contributed by atoms with van der Waals surface area (Å²) in [6, 6.07) is 20.2.